The molecule has 5 heteroatoms. The van der Waals surface area contributed by atoms with Gasteiger partial charge in [-0.15, -0.1) is 0 Å². The quantitative estimate of drug-likeness (QED) is 0.820. The van der Waals surface area contributed by atoms with E-state index in [1.54, 1.807) is 18.3 Å². The van der Waals surface area contributed by atoms with Crippen LogP contribution in [-0.2, 0) is 4.74 Å². The summed E-state index contributed by atoms with van der Waals surface area (Å²) in [7, 11) is 1.81. The molecule has 106 valence electrons. The first kappa shape index (κ1) is 13.1. The molecule has 0 unspecified atom stereocenters. The molecule has 2 aromatic rings. The number of amides is 1. The second kappa shape index (κ2) is 5.63. The lowest BCUT2D eigenvalue weighted by molar-refractivity contribution is 0.0681. The number of hydrogen-bond acceptors (Lipinski definition) is 3. The van der Waals surface area contributed by atoms with Crippen LogP contribution in [-0.4, -0.2) is 47.6 Å². The third kappa shape index (κ3) is 2.99. The van der Waals surface area contributed by atoms with E-state index >= 15 is 0 Å². The number of likely N-dealkylation sites (N-methyl/N-ethyl adjacent to an activating group) is 1. The Balaban J connectivity index is 1.55. The van der Waals surface area contributed by atoms with Crippen LogP contribution in [0.4, 0.5) is 0 Å². The number of ether oxygens (including phenoxy) is 1. The summed E-state index contributed by atoms with van der Waals surface area (Å²) in [6.45, 7) is 2.06. The molecule has 1 aromatic heterocycles. The van der Waals surface area contributed by atoms with Gasteiger partial charge in [0, 0.05) is 25.8 Å². The third-order valence-electron chi connectivity index (χ3n) is 3.64. The Morgan fingerprint density at radius 1 is 1.50 bits per heavy atom. The number of carbonyl (C=O) groups is 1. The molecule has 0 spiro atoms. The van der Waals surface area contributed by atoms with Gasteiger partial charge in [-0.2, -0.15) is 0 Å². The van der Waals surface area contributed by atoms with Crippen molar-refractivity contribution in [2.24, 2.45) is 5.92 Å². The second-order valence-corrected chi connectivity index (χ2v) is 5.38. The molecule has 0 bridgehead atoms. The van der Waals surface area contributed by atoms with Gasteiger partial charge in [-0.1, -0.05) is 0 Å². The van der Waals surface area contributed by atoms with Crippen molar-refractivity contribution in [2.75, 3.05) is 26.8 Å². The lowest BCUT2D eigenvalue weighted by atomic mass is 10.2. The molecular weight excluding hydrogens is 254 g/mol. The van der Waals surface area contributed by atoms with Gasteiger partial charge in [0.15, 0.2) is 0 Å². The number of aromatic nitrogens is 2. The molecule has 1 amide bonds. The summed E-state index contributed by atoms with van der Waals surface area (Å²) in [5.74, 6) is 0.773. The fraction of sp³-hybridized carbons (Fsp3) is 0.467. The van der Waals surface area contributed by atoms with Gasteiger partial charge in [-0.25, -0.2) is 4.98 Å². The number of rotatable bonds is 6. The standard InChI is InChI=1S/C15H19N3O2/c1-18(6-7-20-9-11-2-3-11)15(19)12-4-5-13-14(8-12)17-10-16-13/h4-5,8,10-11H,2-3,6-7,9H2,1H3,(H,16,17). The molecule has 1 saturated carbocycles. The summed E-state index contributed by atoms with van der Waals surface area (Å²) in [6.07, 6.45) is 4.21. The SMILES string of the molecule is CN(CCOCC1CC1)C(=O)c1ccc2nc[nH]c2c1. The van der Waals surface area contributed by atoms with Gasteiger partial charge < -0.3 is 14.6 Å². The van der Waals surface area contributed by atoms with E-state index in [4.69, 9.17) is 4.74 Å². The number of nitrogens with zero attached hydrogens (tertiary/aromatic N) is 2. The fourth-order valence-electron chi connectivity index (χ4n) is 2.13. The molecule has 3 rings (SSSR count). The highest BCUT2D eigenvalue weighted by atomic mass is 16.5. The highest BCUT2D eigenvalue weighted by molar-refractivity contribution is 5.97. The summed E-state index contributed by atoms with van der Waals surface area (Å²) < 4.78 is 5.56. The minimum absolute atomic E-state index is 0.0107. The van der Waals surface area contributed by atoms with E-state index in [0.717, 1.165) is 23.6 Å². The Hall–Kier alpha value is -1.88. The van der Waals surface area contributed by atoms with E-state index < -0.39 is 0 Å². The van der Waals surface area contributed by atoms with Gasteiger partial charge in [-0.05, 0) is 37.0 Å². The molecule has 1 N–H and O–H groups in total. The van der Waals surface area contributed by atoms with Crippen LogP contribution in [0, 0.1) is 5.92 Å². The smallest absolute Gasteiger partial charge is 0.253 e. The van der Waals surface area contributed by atoms with Crippen LogP contribution < -0.4 is 0 Å². The first-order valence-corrected chi connectivity index (χ1v) is 7.00. The maximum atomic E-state index is 12.3. The molecule has 1 aliphatic carbocycles. The van der Waals surface area contributed by atoms with Crippen LogP contribution in [0.2, 0.25) is 0 Å². The van der Waals surface area contributed by atoms with E-state index in [0.29, 0.717) is 18.7 Å². The molecule has 0 aliphatic heterocycles. The summed E-state index contributed by atoms with van der Waals surface area (Å²) >= 11 is 0. The summed E-state index contributed by atoms with van der Waals surface area (Å²) in [4.78, 5) is 21.2. The number of H-pyrrole nitrogens is 1. The number of fused-ring (bicyclic) bond motifs is 1. The summed E-state index contributed by atoms with van der Waals surface area (Å²) in [5.41, 5.74) is 2.43. The minimum atomic E-state index is 0.0107. The van der Waals surface area contributed by atoms with Crippen molar-refractivity contribution in [3.05, 3.63) is 30.1 Å². The molecule has 5 nitrogen and oxygen atoms in total. The Bertz CT molecular complexity index is 604. The van der Waals surface area contributed by atoms with Crippen LogP contribution >= 0.6 is 0 Å². The summed E-state index contributed by atoms with van der Waals surface area (Å²) in [5, 5.41) is 0. The molecule has 20 heavy (non-hydrogen) atoms. The highest BCUT2D eigenvalue weighted by Gasteiger charge is 2.21. The zero-order valence-electron chi connectivity index (χ0n) is 11.6. The van der Waals surface area contributed by atoms with E-state index in [-0.39, 0.29) is 5.91 Å². The van der Waals surface area contributed by atoms with Crippen molar-refractivity contribution < 1.29 is 9.53 Å². The number of benzene rings is 1. The molecule has 0 atom stereocenters. The zero-order chi connectivity index (χ0) is 13.9. The molecule has 1 aliphatic rings. The first-order valence-electron chi connectivity index (χ1n) is 7.00. The Labute approximate surface area is 117 Å². The Morgan fingerprint density at radius 2 is 2.35 bits per heavy atom. The van der Waals surface area contributed by atoms with Crippen molar-refractivity contribution in [3.8, 4) is 0 Å². The van der Waals surface area contributed by atoms with Gasteiger partial charge in [0.2, 0.25) is 0 Å². The van der Waals surface area contributed by atoms with Crippen LogP contribution in [0.3, 0.4) is 0 Å². The lowest BCUT2D eigenvalue weighted by Gasteiger charge is -2.17. The molecular formula is C15H19N3O2. The van der Waals surface area contributed by atoms with Crippen LogP contribution in [0.5, 0.6) is 0 Å². The highest BCUT2D eigenvalue weighted by Crippen LogP contribution is 2.28. The lowest BCUT2D eigenvalue weighted by Crippen LogP contribution is -2.30. The third-order valence-corrected chi connectivity index (χ3v) is 3.64. The van der Waals surface area contributed by atoms with Crippen LogP contribution in [0.15, 0.2) is 24.5 Å². The predicted octanol–water partition coefficient (Wildman–Crippen LogP) is 2.06. The van der Waals surface area contributed by atoms with Crippen molar-refractivity contribution >= 4 is 16.9 Å². The van der Waals surface area contributed by atoms with Gasteiger partial charge >= 0.3 is 0 Å². The molecule has 1 fully saturated rings. The number of carbonyl (C=O) groups excluding carboxylic acids is 1. The minimum Gasteiger partial charge on any atom is -0.379 e. The molecule has 0 saturated heterocycles. The van der Waals surface area contributed by atoms with Crippen molar-refractivity contribution in [3.63, 3.8) is 0 Å². The normalized spacial score (nSPS) is 14.7. The molecule has 1 heterocycles. The maximum Gasteiger partial charge on any atom is 0.253 e. The maximum absolute atomic E-state index is 12.3. The largest absolute Gasteiger partial charge is 0.379 e. The monoisotopic (exact) mass is 273 g/mol. The Kier molecular flexibility index (Phi) is 3.69. The van der Waals surface area contributed by atoms with Gasteiger partial charge in [-0.3, -0.25) is 4.79 Å². The van der Waals surface area contributed by atoms with Crippen molar-refractivity contribution in [1.82, 2.24) is 14.9 Å². The van der Waals surface area contributed by atoms with E-state index in [1.165, 1.54) is 12.8 Å². The van der Waals surface area contributed by atoms with Crippen molar-refractivity contribution in [2.45, 2.75) is 12.8 Å². The average molecular weight is 273 g/mol. The number of hydrogen-bond donors (Lipinski definition) is 1. The van der Waals surface area contributed by atoms with Crippen molar-refractivity contribution in [1.29, 1.82) is 0 Å². The Morgan fingerprint density at radius 3 is 3.15 bits per heavy atom. The van der Waals surface area contributed by atoms with Crippen LogP contribution in [0.1, 0.15) is 23.2 Å². The van der Waals surface area contributed by atoms with E-state index in [1.807, 2.05) is 18.2 Å². The predicted molar refractivity (Wildman–Crippen MR) is 76.6 cm³/mol. The molecule has 1 aromatic carbocycles. The average Bonchev–Trinajstić information content (AvgIpc) is 3.17. The fourth-order valence-corrected chi connectivity index (χ4v) is 2.13. The number of nitrogens with one attached hydrogen (secondary N) is 1. The van der Waals surface area contributed by atoms with Gasteiger partial charge in [0.05, 0.1) is 24.0 Å². The summed E-state index contributed by atoms with van der Waals surface area (Å²) in [6, 6.07) is 5.51. The second-order valence-electron chi connectivity index (χ2n) is 5.38. The number of imidazole rings is 1. The van der Waals surface area contributed by atoms with Crippen LogP contribution in [0.25, 0.3) is 11.0 Å². The van der Waals surface area contributed by atoms with E-state index in [2.05, 4.69) is 9.97 Å². The topological polar surface area (TPSA) is 58.2 Å². The van der Waals surface area contributed by atoms with Gasteiger partial charge in [0.1, 0.15) is 0 Å². The number of aromatic amines is 1. The molecule has 0 radical (unpaired) electrons. The zero-order valence-corrected chi connectivity index (χ0v) is 11.6. The van der Waals surface area contributed by atoms with Gasteiger partial charge in [0.25, 0.3) is 5.91 Å². The van der Waals surface area contributed by atoms with E-state index in [9.17, 15) is 4.79 Å². The first-order chi connectivity index (χ1) is 9.74.